The topological polar surface area (TPSA) is 93.9 Å². The normalized spacial score (nSPS) is 20.9. The van der Waals surface area contributed by atoms with Gasteiger partial charge in [0.2, 0.25) is 10.0 Å². The third-order valence-electron chi connectivity index (χ3n) is 6.70. The van der Waals surface area contributed by atoms with Crippen molar-refractivity contribution >= 4 is 27.0 Å². The van der Waals surface area contributed by atoms with Gasteiger partial charge in [-0.1, -0.05) is 19.9 Å². The van der Waals surface area contributed by atoms with Gasteiger partial charge in [-0.2, -0.15) is 4.31 Å². The number of hydrogen-bond acceptors (Lipinski definition) is 6. The molecule has 5 rings (SSSR count). The Hall–Kier alpha value is -2.97. The first-order valence-corrected chi connectivity index (χ1v) is 13.1. The molecular formula is C26H27NO6S. The molecule has 1 fully saturated rings. The molecule has 2 heterocycles. The van der Waals surface area contributed by atoms with E-state index >= 15 is 0 Å². The molecule has 1 aromatic heterocycles. The number of ether oxygens (including phenoxy) is 1. The van der Waals surface area contributed by atoms with Gasteiger partial charge in [-0.3, -0.25) is 0 Å². The summed E-state index contributed by atoms with van der Waals surface area (Å²) < 4.78 is 38.9. The smallest absolute Gasteiger partial charge is 0.343 e. The number of aryl methyl sites for hydroxylation is 1. The summed E-state index contributed by atoms with van der Waals surface area (Å²) in [6.07, 6.45) is 3.46. The molecule has 1 aliphatic carbocycles. The van der Waals surface area contributed by atoms with Crippen molar-refractivity contribution in [2.75, 3.05) is 13.1 Å². The molecule has 0 bridgehead atoms. The van der Waals surface area contributed by atoms with E-state index in [0.717, 1.165) is 42.2 Å². The van der Waals surface area contributed by atoms with E-state index in [0.29, 0.717) is 18.7 Å². The highest BCUT2D eigenvalue weighted by Gasteiger charge is 2.32. The third-order valence-corrected chi connectivity index (χ3v) is 8.53. The summed E-state index contributed by atoms with van der Waals surface area (Å²) in [6.45, 7) is 5.03. The summed E-state index contributed by atoms with van der Waals surface area (Å²) in [5.74, 6) is 0.104. The molecule has 2 aliphatic rings. The second-order valence-electron chi connectivity index (χ2n) is 9.54. The molecule has 1 saturated heterocycles. The maximum Gasteiger partial charge on any atom is 0.343 e. The molecule has 3 aromatic rings. The lowest BCUT2D eigenvalue weighted by Gasteiger charge is -2.34. The summed E-state index contributed by atoms with van der Waals surface area (Å²) in [7, 11) is -3.72. The van der Waals surface area contributed by atoms with Gasteiger partial charge in [0.05, 0.1) is 10.5 Å². The van der Waals surface area contributed by atoms with Gasteiger partial charge in [0, 0.05) is 30.1 Å². The number of esters is 1. The van der Waals surface area contributed by atoms with Crippen LogP contribution in [0.4, 0.5) is 0 Å². The second kappa shape index (κ2) is 8.67. The molecule has 7 nitrogen and oxygen atoms in total. The lowest BCUT2D eigenvalue weighted by Crippen LogP contribution is -2.42. The zero-order valence-electron chi connectivity index (χ0n) is 19.2. The highest BCUT2D eigenvalue weighted by Crippen LogP contribution is 2.30. The first-order valence-electron chi connectivity index (χ1n) is 11.6. The Bertz CT molecular complexity index is 1430. The van der Waals surface area contributed by atoms with Crippen LogP contribution in [0.2, 0.25) is 0 Å². The van der Waals surface area contributed by atoms with E-state index in [9.17, 15) is 18.0 Å². The van der Waals surface area contributed by atoms with Crippen LogP contribution in [0, 0.1) is 11.8 Å². The van der Waals surface area contributed by atoms with Crippen molar-refractivity contribution in [2.45, 2.75) is 44.4 Å². The zero-order valence-corrected chi connectivity index (χ0v) is 20.1. The molecule has 2 aromatic carbocycles. The van der Waals surface area contributed by atoms with Crippen LogP contribution in [0.1, 0.15) is 48.2 Å². The van der Waals surface area contributed by atoms with Crippen LogP contribution < -0.4 is 10.4 Å². The Kier molecular flexibility index (Phi) is 5.81. The van der Waals surface area contributed by atoms with Crippen molar-refractivity contribution in [3.63, 3.8) is 0 Å². The van der Waals surface area contributed by atoms with Gasteiger partial charge in [0.25, 0.3) is 0 Å². The van der Waals surface area contributed by atoms with Crippen molar-refractivity contribution in [1.29, 1.82) is 0 Å². The number of hydrogen-bond donors (Lipinski definition) is 0. The summed E-state index contributed by atoms with van der Waals surface area (Å²) in [5.41, 5.74) is 1.90. The predicted molar refractivity (Wildman–Crippen MR) is 128 cm³/mol. The van der Waals surface area contributed by atoms with Crippen molar-refractivity contribution < 1.29 is 22.4 Å². The highest BCUT2D eigenvalue weighted by molar-refractivity contribution is 7.89. The summed E-state index contributed by atoms with van der Waals surface area (Å²) >= 11 is 0. The van der Waals surface area contributed by atoms with Gasteiger partial charge < -0.3 is 9.15 Å². The Balaban J connectivity index is 1.40. The standard InChI is InChI=1S/C26H27NO6S/c1-16-11-17(2)15-27(14-16)34(30,31)20-6-3-5-18(12-20)25(28)32-19-9-10-22-21-7-4-8-23(21)26(29)33-24(22)13-19/h3,5-6,9-10,12-13,16-17H,4,7-8,11,14-15H2,1-2H3. The molecule has 0 saturated carbocycles. The minimum Gasteiger partial charge on any atom is -0.423 e. The molecule has 0 radical (unpaired) electrons. The summed E-state index contributed by atoms with van der Waals surface area (Å²) in [4.78, 5) is 25.2. The van der Waals surface area contributed by atoms with Crippen molar-refractivity contribution in [3.05, 3.63) is 69.6 Å². The van der Waals surface area contributed by atoms with E-state index in [1.54, 1.807) is 18.2 Å². The maximum absolute atomic E-state index is 13.2. The van der Waals surface area contributed by atoms with E-state index in [-0.39, 0.29) is 33.7 Å². The van der Waals surface area contributed by atoms with E-state index in [2.05, 4.69) is 0 Å². The van der Waals surface area contributed by atoms with Gasteiger partial charge in [0.15, 0.2) is 0 Å². The summed E-state index contributed by atoms with van der Waals surface area (Å²) in [5, 5.41) is 0.852. The quantitative estimate of drug-likeness (QED) is 0.315. The van der Waals surface area contributed by atoms with Crippen LogP contribution >= 0.6 is 0 Å². The molecule has 1 aliphatic heterocycles. The van der Waals surface area contributed by atoms with Crippen LogP contribution in [-0.4, -0.2) is 31.8 Å². The number of rotatable bonds is 4. The molecular weight excluding hydrogens is 454 g/mol. The van der Waals surface area contributed by atoms with Gasteiger partial charge >= 0.3 is 11.6 Å². The number of fused-ring (bicyclic) bond motifs is 3. The first-order chi connectivity index (χ1) is 16.2. The highest BCUT2D eigenvalue weighted by atomic mass is 32.2. The predicted octanol–water partition coefficient (Wildman–Crippen LogP) is 4.17. The van der Waals surface area contributed by atoms with E-state index in [1.807, 2.05) is 13.8 Å². The molecule has 178 valence electrons. The number of nitrogens with zero attached hydrogens (tertiary/aromatic N) is 1. The lowest BCUT2D eigenvalue weighted by molar-refractivity contribution is 0.0734. The summed E-state index contributed by atoms with van der Waals surface area (Å²) in [6, 6.07) is 10.9. The molecule has 2 atom stereocenters. The number of carbonyl (C=O) groups is 1. The fourth-order valence-electron chi connectivity index (χ4n) is 5.23. The molecule has 0 spiro atoms. The van der Waals surface area contributed by atoms with Crippen LogP contribution in [0.3, 0.4) is 0 Å². The molecule has 2 unspecified atom stereocenters. The van der Waals surface area contributed by atoms with Crippen molar-refractivity contribution in [3.8, 4) is 5.75 Å². The molecule has 0 amide bonds. The third kappa shape index (κ3) is 4.16. The Morgan fingerprint density at radius 2 is 1.76 bits per heavy atom. The minimum absolute atomic E-state index is 0.0725. The van der Waals surface area contributed by atoms with Crippen molar-refractivity contribution in [1.82, 2.24) is 4.31 Å². The van der Waals surface area contributed by atoms with Crippen molar-refractivity contribution in [2.24, 2.45) is 11.8 Å². The second-order valence-corrected chi connectivity index (χ2v) is 11.5. The average molecular weight is 482 g/mol. The number of sulfonamides is 1. The number of piperidine rings is 1. The Morgan fingerprint density at radius 3 is 2.53 bits per heavy atom. The van der Waals surface area contributed by atoms with E-state index in [1.165, 1.54) is 28.6 Å². The van der Waals surface area contributed by atoms with Crippen LogP contribution in [0.5, 0.6) is 5.75 Å². The van der Waals surface area contributed by atoms with Crippen LogP contribution in [-0.2, 0) is 22.9 Å². The first kappa shape index (κ1) is 22.8. The maximum atomic E-state index is 13.2. The fraction of sp³-hybridized carbons (Fsp3) is 0.385. The molecule has 34 heavy (non-hydrogen) atoms. The SMILES string of the molecule is CC1CC(C)CN(S(=O)(=O)c2cccc(C(=O)Oc3ccc4c5c(c(=O)oc4c3)CCC5)c2)C1. The van der Waals surface area contributed by atoms with Gasteiger partial charge in [0.1, 0.15) is 11.3 Å². The van der Waals surface area contributed by atoms with Gasteiger partial charge in [-0.25, -0.2) is 18.0 Å². The van der Waals surface area contributed by atoms with Gasteiger partial charge in [-0.15, -0.1) is 0 Å². The minimum atomic E-state index is -3.72. The average Bonchev–Trinajstić information content (AvgIpc) is 3.29. The largest absolute Gasteiger partial charge is 0.423 e. The van der Waals surface area contributed by atoms with E-state index < -0.39 is 16.0 Å². The molecule has 0 N–H and O–H groups in total. The van der Waals surface area contributed by atoms with Gasteiger partial charge in [-0.05, 0) is 73.4 Å². The number of benzene rings is 2. The number of carbonyl (C=O) groups excluding carboxylic acids is 1. The Labute approximate surface area is 198 Å². The monoisotopic (exact) mass is 481 g/mol. The van der Waals surface area contributed by atoms with Crippen LogP contribution in [0.25, 0.3) is 11.0 Å². The lowest BCUT2D eigenvalue weighted by atomic mass is 9.94. The fourth-order valence-corrected chi connectivity index (χ4v) is 6.95. The van der Waals surface area contributed by atoms with E-state index in [4.69, 9.17) is 9.15 Å². The van der Waals surface area contributed by atoms with Crippen LogP contribution in [0.15, 0.2) is 56.6 Å². The molecule has 8 heteroatoms. The zero-order chi connectivity index (χ0) is 24.0. The Morgan fingerprint density at radius 1 is 1.03 bits per heavy atom.